The lowest BCUT2D eigenvalue weighted by atomic mass is 10.1. The van der Waals surface area contributed by atoms with E-state index in [9.17, 15) is 10.1 Å². The van der Waals surface area contributed by atoms with Crippen molar-refractivity contribution in [3.63, 3.8) is 0 Å². The molecular formula is C13H13BrN2O2S. The van der Waals surface area contributed by atoms with Crippen LogP contribution in [-0.4, -0.2) is 4.92 Å². The predicted octanol–water partition coefficient (Wildman–Crippen LogP) is 4.27. The van der Waals surface area contributed by atoms with Gasteiger partial charge in [0.25, 0.3) is 5.69 Å². The van der Waals surface area contributed by atoms with Gasteiger partial charge in [0, 0.05) is 29.1 Å². The minimum atomic E-state index is -0.338. The summed E-state index contributed by atoms with van der Waals surface area (Å²) in [7, 11) is 0. The first-order chi connectivity index (χ1) is 9.08. The topological polar surface area (TPSA) is 55.2 Å². The van der Waals surface area contributed by atoms with Crippen LogP contribution in [0.25, 0.3) is 0 Å². The summed E-state index contributed by atoms with van der Waals surface area (Å²) in [5.74, 6) is 0. The van der Waals surface area contributed by atoms with Gasteiger partial charge in [0.05, 0.1) is 8.71 Å². The summed E-state index contributed by atoms with van der Waals surface area (Å²) in [5, 5.41) is 14.3. The van der Waals surface area contributed by atoms with E-state index in [0.29, 0.717) is 12.1 Å². The van der Waals surface area contributed by atoms with Crippen LogP contribution in [0.3, 0.4) is 0 Å². The number of thiophene rings is 1. The number of rotatable bonds is 5. The Bertz CT molecular complexity index is 586. The highest BCUT2D eigenvalue weighted by Crippen LogP contribution is 2.26. The van der Waals surface area contributed by atoms with E-state index in [1.807, 2.05) is 25.1 Å². The highest BCUT2D eigenvalue weighted by molar-refractivity contribution is 9.11. The van der Waals surface area contributed by atoms with E-state index in [4.69, 9.17) is 0 Å². The number of nitrogens with one attached hydrogen (secondary N) is 1. The van der Waals surface area contributed by atoms with Gasteiger partial charge in [-0.3, -0.25) is 10.1 Å². The van der Waals surface area contributed by atoms with Gasteiger partial charge in [0.2, 0.25) is 0 Å². The Hall–Kier alpha value is -1.24. The van der Waals surface area contributed by atoms with Gasteiger partial charge in [-0.15, -0.1) is 11.3 Å². The first-order valence-electron chi connectivity index (χ1n) is 5.79. The molecule has 2 aromatic rings. The van der Waals surface area contributed by atoms with Crippen molar-refractivity contribution in [2.75, 3.05) is 0 Å². The van der Waals surface area contributed by atoms with Crippen LogP contribution in [0.4, 0.5) is 5.69 Å². The van der Waals surface area contributed by atoms with Gasteiger partial charge >= 0.3 is 0 Å². The fourth-order valence-electron chi connectivity index (χ4n) is 1.83. The molecule has 0 spiro atoms. The van der Waals surface area contributed by atoms with Crippen LogP contribution in [-0.2, 0) is 6.54 Å². The molecule has 0 aliphatic heterocycles. The molecule has 19 heavy (non-hydrogen) atoms. The Morgan fingerprint density at radius 3 is 2.74 bits per heavy atom. The van der Waals surface area contributed by atoms with E-state index in [1.165, 1.54) is 10.9 Å². The number of nitro groups is 1. The molecule has 1 unspecified atom stereocenters. The Labute approximate surface area is 123 Å². The monoisotopic (exact) mass is 340 g/mol. The SMILES string of the molecule is CC(NCc1ccc(Br)s1)c1ccccc1[N+](=O)[O-]. The van der Waals surface area contributed by atoms with Crippen molar-refractivity contribution in [3.8, 4) is 0 Å². The average Bonchev–Trinajstić information content (AvgIpc) is 2.81. The van der Waals surface area contributed by atoms with Crippen molar-refractivity contribution >= 4 is 33.0 Å². The Kier molecular flexibility index (Phi) is 4.68. The summed E-state index contributed by atoms with van der Waals surface area (Å²) in [6, 6.07) is 10.8. The summed E-state index contributed by atoms with van der Waals surface area (Å²) in [6.45, 7) is 2.63. The van der Waals surface area contributed by atoms with Gasteiger partial charge in [-0.25, -0.2) is 0 Å². The zero-order valence-corrected chi connectivity index (χ0v) is 12.7. The molecule has 1 N–H and O–H groups in total. The predicted molar refractivity (Wildman–Crippen MR) is 80.4 cm³/mol. The maximum Gasteiger partial charge on any atom is 0.274 e. The van der Waals surface area contributed by atoms with Crippen LogP contribution in [0.15, 0.2) is 40.2 Å². The van der Waals surface area contributed by atoms with Crippen LogP contribution in [0, 0.1) is 10.1 Å². The van der Waals surface area contributed by atoms with Gasteiger partial charge in [-0.2, -0.15) is 0 Å². The van der Waals surface area contributed by atoms with Gasteiger partial charge in [-0.1, -0.05) is 18.2 Å². The smallest absolute Gasteiger partial charge is 0.274 e. The molecule has 1 heterocycles. The zero-order chi connectivity index (χ0) is 13.8. The second-order valence-corrected chi connectivity index (χ2v) is 6.67. The maximum absolute atomic E-state index is 11.0. The van der Waals surface area contributed by atoms with Crippen molar-refractivity contribution in [2.45, 2.75) is 19.5 Å². The molecule has 0 fully saturated rings. The van der Waals surface area contributed by atoms with Crippen LogP contribution < -0.4 is 5.32 Å². The summed E-state index contributed by atoms with van der Waals surface area (Å²) in [4.78, 5) is 11.8. The second-order valence-electron chi connectivity index (χ2n) is 4.12. The van der Waals surface area contributed by atoms with E-state index in [0.717, 1.165) is 3.79 Å². The lowest BCUT2D eigenvalue weighted by Crippen LogP contribution is -2.18. The molecule has 0 amide bonds. The number of para-hydroxylation sites is 1. The summed E-state index contributed by atoms with van der Waals surface area (Å²) in [6.07, 6.45) is 0. The molecular weight excluding hydrogens is 328 g/mol. The third-order valence-corrected chi connectivity index (χ3v) is 4.43. The Balaban J connectivity index is 2.07. The highest BCUT2D eigenvalue weighted by Gasteiger charge is 2.17. The van der Waals surface area contributed by atoms with Crippen molar-refractivity contribution < 1.29 is 4.92 Å². The third kappa shape index (κ3) is 3.62. The van der Waals surface area contributed by atoms with Crippen LogP contribution in [0.2, 0.25) is 0 Å². The molecule has 6 heteroatoms. The summed E-state index contributed by atoms with van der Waals surface area (Å²) < 4.78 is 1.09. The van der Waals surface area contributed by atoms with E-state index in [1.54, 1.807) is 23.5 Å². The van der Waals surface area contributed by atoms with E-state index in [-0.39, 0.29) is 16.7 Å². The van der Waals surface area contributed by atoms with Gasteiger partial charge < -0.3 is 5.32 Å². The van der Waals surface area contributed by atoms with Crippen LogP contribution in [0.5, 0.6) is 0 Å². The molecule has 100 valence electrons. The lowest BCUT2D eigenvalue weighted by Gasteiger charge is -2.13. The molecule has 1 aromatic heterocycles. The number of halogens is 1. The zero-order valence-electron chi connectivity index (χ0n) is 10.3. The van der Waals surface area contributed by atoms with Crippen molar-refractivity contribution in [2.24, 2.45) is 0 Å². The summed E-state index contributed by atoms with van der Waals surface area (Å²) in [5.41, 5.74) is 0.873. The minimum Gasteiger partial charge on any atom is -0.305 e. The standard InChI is InChI=1S/C13H13BrN2O2S/c1-9(15-8-10-6-7-13(14)19-10)11-4-2-3-5-12(11)16(17)18/h2-7,9,15H,8H2,1H3. The molecule has 0 radical (unpaired) electrons. The van der Waals surface area contributed by atoms with E-state index < -0.39 is 0 Å². The number of hydrogen-bond acceptors (Lipinski definition) is 4. The molecule has 1 aromatic carbocycles. The molecule has 0 bridgehead atoms. The van der Waals surface area contributed by atoms with E-state index >= 15 is 0 Å². The molecule has 0 aliphatic rings. The van der Waals surface area contributed by atoms with Crippen LogP contribution >= 0.6 is 27.3 Å². The van der Waals surface area contributed by atoms with Crippen molar-refractivity contribution in [1.82, 2.24) is 5.32 Å². The lowest BCUT2D eigenvalue weighted by molar-refractivity contribution is -0.385. The first kappa shape index (κ1) is 14.2. The maximum atomic E-state index is 11.0. The number of nitrogens with zero attached hydrogens (tertiary/aromatic N) is 1. The largest absolute Gasteiger partial charge is 0.305 e. The Morgan fingerprint density at radius 1 is 1.37 bits per heavy atom. The van der Waals surface area contributed by atoms with Crippen LogP contribution in [0.1, 0.15) is 23.4 Å². The normalized spacial score (nSPS) is 12.3. The quantitative estimate of drug-likeness (QED) is 0.653. The average molecular weight is 341 g/mol. The van der Waals surface area contributed by atoms with Gasteiger partial charge in [0.15, 0.2) is 0 Å². The fraction of sp³-hybridized carbons (Fsp3) is 0.231. The molecule has 0 aliphatic carbocycles. The van der Waals surface area contributed by atoms with Gasteiger partial charge in [-0.05, 0) is 35.0 Å². The molecule has 0 saturated heterocycles. The number of benzene rings is 1. The highest BCUT2D eigenvalue weighted by atomic mass is 79.9. The molecule has 1 atom stereocenters. The van der Waals surface area contributed by atoms with Crippen molar-refractivity contribution in [1.29, 1.82) is 0 Å². The third-order valence-electron chi connectivity index (χ3n) is 2.81. The molecule has 0 saturated carbocycles. The van der Waals surface area contributed by atoms with Crippen molar-refractivity contribution in [3.05, 3.63) is 60.7 Å². The Morgan fingerprint density at radius 2 is 2.11 bits per heavy atom. The van der Waals surface area contributed by atoms with E-state index in [2.05, 4.69) is 21.2 Å². The van der Waals surface area contributed by atoms with Gasteiger partial charge in [0.1, 0.15) is 0 Å². The minimum absolute atomic E-state index is 0.0672. The molecule has 4 nitrogen and oxygen atoms in total. The fourth-order valence-corrected chi connectivity index (χ4v) is 3.26. The number of hydrogen-bond donors (Lipinski definition) is 1. The number of nitro benzene ring substituents is 1. The molecule has 2 rings (SSSR count). The first-order valence-corrected chi connectivity index (χ1v) is 7.40. The summed E-state index contributed by atoms with van der Waals surface area (Å²) >= 11 is 5.07. The second kappa shape index (κ2) is 6.27.